The van der Waals surface area contributed by atoms with E-state index in [0.717, 1.165) is 96.1 Å². The van der Waals surface area contributed by atoms with Gasteiger partial charge < -0.3 is 28.3 Å². The van der Waals surface area contributed by atoms with Crippen LogP contribution in [-0.2, 0) is 16.2 Å². The highest BCUT2D eigenvalue weighted by Gasteiger charge is 2.55. The number of nitrogens with zero attached hydrogens (tertiary/aromatic N) is 3. The molecule has 6 aliphatic rings. The van der Waals surface area contributed by atoms with E-state index in [1.807, 2.05) is 121 Å². The Morgan fingerprint density at radius 2 is 0.616 bits per heavy atom. The Balaban J connectivity index is 0.000000109. The Bertz CT molecular complexity index is 7660. The molecule has 0 amide bonds. The molecule has 598 valence electrons. The highest BCUT2D eigenvalue weighted by atomic mass is 32.2. The smallest absolute Gasteiger partial charge is 0.200 e. The predicted octanol–water partition coefficient (Wildman–Crippen LogP) is 28.5. The molecule has 2 aromatic heterocycles. The SMILES string of the molecule is Cc1ccc2c(c1)C1(c3ccccc3Oc3ccc(C(C)C)cc31)c1cc(C)ccc1N2c1ccc2c(=O)c3ccccc3oc2c1.Cc1ccc2c(c1)C1(c3ccccc3Sc3ccccc31)c1cc(C)ccc1N2c1ccc2c(=O)c3ccccc3oc2c1.O=C1c2ccccc2C2(c3ccccc31)c1ccccc1N(c1ccccc1)c1ccccc12. The Kier molecular flexibility index (Phi) is 17.2. The molecule has 1 aliphatic carbocycles. The minimum Gasteiger partial charge on any atom is -0.457 e. The van der Waals surface area contributed by atoms with E-state index in [4.69, 9.17) is 13.6 Å². The van der Waals surface area contributed by atoms with E-state index in [9.17, 15) is 14.4 Å². The number of fused-ring (bicyclic) bond motifs is 28. The molecular formula is C115H81N3O6S. The maximum Gasteiger partial charge on any atom is 0.200 e. The summed E-state index contributed by atoms with van der Waals surface area (Å²) in [5.41, 5.74) is 32.1. The van der Waals surface area contributed by atoms with Gasteiger partial charge >= 0.3 is 0 Å². The normalized spacial score (nSPS) is 14.3. The van der Waals surface area contributed by atoms with Crippen molar-refractivity contribution in [3.8, 4) is 11.5 Å². The molecule has 5 aliphatic heterocycles. The van der Waals surface area contributed by atoms with Crippen LogP contribution >= 0.6 is 11.8 Å². The highest BCUT2D eigenvalue weighted by Crippen LogP contribution is 2.67. The fourth-order valence-corrected chi connectivity index (χ4v) is 22.3. The number of carbonyl (C=O) groups excluding carboxylic acids is 1. The van der Waals surface area contributed by atoms with E-state index < -0.39 is 16.2 Å². The molecule has 125 heavy (non-hydrogen) atoms. The number of anilines is 9. The van der Waals surface area contributed by atoms with E-state index in [2.05, 4.69) is 323 Å². The first-order valence-electron chi connectivity index (χ1n) is 42.7. The van der Waals surface area contributed by atoms with Crippen LogP contribution in [0.4, 0.5) is 51.2 Å². The number of hydrogen-bond donors (Lipinski definition) is 0. The lowest BCUT2D eigenvalue weighted by Gasteiger charge is -2.49. The summed E-state index contributed by atoms with van der Waals surface area (Å²) < 4.78 is 19.4. The summed E-state index contributed by atoms with van der Waals surface area (Å²) >= 11 is 1.85. The first-order chi connectivity index (χ1) is 61.2. The van der Waals surface area contributed by atoms with Crippen LogP contribution in [0.3, 0.4) is 0 Å². The monoisotopic (exact) mass is 1630 g/mol. The average molecular weight is 1630 g/mol. The minimum absolute atomic E-state index is 0.00836. The first kappa shape index (κ1) is 74.9. The van der Waals surface area contributed by atoms with Crippen molar-refractivity contribution in [2.24, 2.45) is 0 Å². The van der Waals surface area contributed by atoms with Crippen LogP contribution in [0, 0.1) is 27.7 Å². The van der Waals surface area contributed by atoms with Crippen molar-refractivity contribution < 1.29 is 18.4 Å². The maximum atomic E-state index is 13.6. The van der Waals surface area contributed by atoms with Crippen molar-refractivity contribution in [2.45, 2.75) is 73.5 Å². The summed E-state index contributed by atoms with van der Waals surface area (Å²) in [6, 6.07) is 131. The van der Waals surface area contributed by atoms with Crippen LogP contribution in [0.25, 0.3) is 43.9 Å². The maximum absolute atomic E-state index is 13.6. The van der Waals surface area contributed by atoms with Crippen LogP contribution in [0.2, 0.25) is 0 Å². The van der Waals surface area contributed by atoms with Crippen molar-refractivity contribution in [1.29, 1.82) is 0 Å². The lowest BCUT2D eigenvalue weighted by molar-refractivity contribution is 0.103. The van der Waals surface area contributed by atoms with Gasteiger partial charge in [0.15, 0.2) is 5.78 Å². The number of carbonyl (C=O) groups is 1. The minimum atomic E-state index is -0.631. The van der Waals surface area contributed by atoms with Crippen LogP contribution in [0.1, 0.15) is 130 Å². The summed E-state index contributed by atoms with van der Waals surface area (Å²) in [6.45, 7) is 13.2. The molecule has 0 N–H and O–H groups in total. The summed E-state index contributed by atoms with van der Waals surface area (Å²) in [5.74, 6) is 2.19. The molecule has 7 heterocycles. The lowest BCUT2D eigenvalue weighted by atomic mass is 9.57. The molecule has 25 rings (SSSR count). The van der Waals surface area contributed by atoms with Gasteiger partial charge in [0, 0.05) is 61.2 Å². The molecule has 3 spiro atoms. The van der Waals surface area contributed by atoms with Crippen molar-refractivity contribution in [1.82, 2.24) is 0 Å². The lowest BCUT2D eigenvalue weighted by Crippen LogP contribution is -2.42. The fourth-order valence-electron chi connectivity index (χ4n) is 21.1. The van der Waals surface area contributed by atoms with Gasteiger partial charge in [-0.3, -0.25) is 14.4 Å². The zero-order valence-corrected chi connectivity index (χ0v) is 70.4. The molecule has 0 atom stereocenters. The van der Waals surface area contributed by atoms with Crippen molar-refractivity contribution >= 4 is 113 Å². The number of para-hydroxylation sites is 6. The van der Waals surface area contributed by atoms with E-state index in [1.54, 1.807) is 0 Å². The van der Waals surface area contributed by atoms with Gasteiger partial charge in [0.05, 0.1) is 71.9 Å². The molecule has 0 saturated carbocycles. The molecule has 10 heteroatoms. The predicted molar refractivity (Wildman–Crippen MR) is 507 cm³/mol. The third-order valence-electron chi connectivity index (χ3n) is 26.5. The molecule has 19 aromatic rings. The summed E-state index contributed by atoms with van der Waals surface area (Å²) in [4.78, 5) is 50.1. The number of aryl methyl sites for hydroxylation is 4. The van der Waals surface area contributed by atoms with Crippen LogP contribution < -0.4 is 30.3 Å². The quantitative estimate of drug-likeness (QED) is 0.159. The van der Waals surface area contributed by atoms with Crippen LogP contribution in [0.5, 0.6) is 11.5 Å². The second-order valence-electron chi connectivity index (χ2n) is 33.9. The van der Waals surface area contributed by atoms with E-state index in [0.29, 0.717) is 49.8 Å². The molecule has 0 bridgehead atoms. The Morgan fingerprint density at radius 3 is 1.09 bits per heavy atom. The third kappa shape index (κ3) is 11.1. The van der Waals surface area contributed by atoms with Crippen molar-refractivity contribution in [3.05, 3.63) is 502 Å². The molecule has 9 nitrogen and oxygen atoms in total. The molecule has 0 unspecified atom stereocenters. The van der Waals surface area contributed by atoms with E-state index >= 15 is 0 Å². The number of hydrogen-bond acceptors (Lipinski definition) is 10. The van der Waals surface area contributed by atoms with Gasteiger partial charge in [-0.05, 0) is 216 Å². The zero-order chi connectivity index (χ0) is 84.3. The Labute approximate surface area is 728 Å². The van der Waals surface area contributed by atoms with Gasteiger partial charge in [-0.15, -0.1) is 0 Å². The van der Waals surface area contributed by atoms with Gasteiger partial charge in [-0.25, -0.2) is 0 Å². The molecular weight excluding hydrogens is 1550 g/mol. The second-order valence-corrected chi connectivity index (χ2v) is 35.0. The number of rotatable bonds is 4. The summed E-state index contributed by atoms with van der Waals surface area (Å²) in [7, 11) is 0. The van der Waals surface area contributed by atoms with E-state index in [-0.39, 0.29) is 16.6 Å². The van der Waals surface area contributed by atoms with Crippen LogP contribution in [-0.4, -0.2) is 5.78 Å². The average Bonchev–Trinajstić information content (AvgIpc) is 0.686. The number of ketones is 1. The zero-order valence-electron chi connectivity index (χ0n) is 69.6. The van der Waals surface area contributed by atoms with Crippen molar-refractivity contribution in [3.63, 3.8) is 0 Å². The summed E-state index contributed by atoms with van der Waals surface area (Å²) in [5, 5.41) is 2.35. The second kappa shape index (κ2) is 28.8. The Hall–Kier alpha value is -15.1. The molecule has 0 saturated heterocycles. The van der Waals surface area contributed by atoms with Gasteiger partial charge in [0.1, 0.15) is 33.8 Å². The summed E-state index contributed by atoms with van der Waals surface area (Å²) in [6.07, 6.45) is 0. The standard InChI is InChI=1S/C43H33NO3.C40H27NO2S.C32H21NO/c1-25(2)28-15-20-40-35(23-28)43(32-10-6-8-12-39(32)47-40)33-21-26(3)13-18-36(33)44(37-19-14-27(4)22-34(37)43)29-16-17-31-41(24-29)46-38-11-7-5-9-30(38)42(31)45;1-24-15-19-33-31(21-24)40(29-10-4-7-13-37(29)44-38-14-8-5-11-30(38)40)32-22-25(2)16-20-34(32)41(33)26-17-18-28-36(23-26)43-35-12-6-3-9-27(35)39(28)42;34-31-23-14-4-6-16-25(23)32(26-17-7-5-15-24(26)31)27-18-8-10-20-29(27)33(22-12-2-1-3-13-22)30-21-11-9-19-28(30)32/h5-25H,1-4H3;3-23H,1-2H3;1-21H. The molecule has 0 fully saturated rings. The van der Waals surface area contributed by atoms with Gasteiger partial charge in [0.2, 0.25) is 10.9 Å². The first-order valence-corrected chi connectivity index (χ1v) is 43.5. The fraction of sp³-hybridized carbons (Fsp3) is 0.0870. The number of ether oxygens (including phenoxy) is 1. The van der Waals surface area contributed by atoms with Crippen LogP contribution in [0.15, 0.2) is 404 Å². The largest absolute Gasteiger partial charge is 0.457 e. The van der Waals surface area contributed by atoms with Gasteiger partial charge in [0.25, 0.3) is 0 Å². The third-order valence-corrected chi connectivity index (χ3v) is 27.6. The van der Waals surface area contributed by atoms with Gasteiger partial charge in [-0.2, -0.15) is 0 Å². The van der Waals surface area contributed by atoms with Crippen molar-refractivity contribution in [2.75, 3.05) is 14.7 Å². The highest BCUT2D eigenvalue weighted by molar-refractivity contribution is 7.99. The molecule has 17 aromatic carbocycles. The topological polar surface area (TPSA) is 96.4 Å². The number of benzene rings is 17. The van der Waals surface area contributed by atoms with Gasteiger partial charge in [-0.1, -0.05) is 291 Å². The van der Waals surface area contributed by atoms with E-state index in [1.165, 1.54) is 82.1 Å². The Morgan fingerprint density at radius 1 is 0.264 bits per heavy atom. The molecule has 0 radical (unpaired) electrons.